The van der Waals surface area contributed by atoms with E-state index in [-0.39, 0.29) is 5.91 Å². The molecule has 0 saturated carbocycles. The van der Waals surface area contributed by atoms with Crippen LogP contribution >= 0.6 is 35.0 Å². The van der Waals surface area contributed by atoms with Gasteiger partial charge in [-0.05, 0) is 56.0 Å². The van der Waals surface area contributed by atoms with Gasteiger partial charge in [-0.3, -0.25) is 4.79 Å². The Kier molecular flexibility index (Phi) is 5.53. The van der Waals surface area contributed by atoms with Crippen LogP contribution in [0.4, 0.5) is 5.69 Å². The van der Waals surface area contributed by atoms with Crippen molar-refractivity contribution in [3.63, 3.8) is 0 Å². The number of nitrogens with zero attached hydrogens (tertiary/aromatic N) is 2. The minimum absolute atomic E-state index is 0.200. The number of benzene rings is 1. The van der Waals surface area contributed by atoms with E-state index in [2.05, 4.69) is 16.4 Å². The van der Waals surface area contributed by atoms with Crippen LogP contribution in [0.15, 0.2) is 29.3 Å². The number of halogens is 2. The summed E-state index contributed by atoms with van der Waals surface area (Å²) >= 11 is 13.2. The zero-order valence-electron chi connectivity index (χ0n) is 13.5. The second-order valence-electron chi connectivity index (χ2n) is 5.82. The number of amides is 1. The molecule has 0 bridgehead atoms. The Morgan fingerprint density at radius 2 is 2.00 bits per heavy atom. The molecule has 0 saturated heterocycles. The topological polar surface area (TPSA) is 65.8 Å². The highest BCUT2D eigenvalue weighted by Crippen LogP contribution is 2.31. The fourth-order valence-electron chi connectivity index (χ4n) is 2.71. The number of thioether (sulfide) groups is 1. The summed E-state index contributed by atoms with van der Waals surface area (Å²) in [5.41, 5.74) is 3.25. The van der Waals surface area contributed by atoms with E-state index in [9.17, 15) is 10.1 Å². The molecule has 0 spiro atoms. The van der Waals surface area contributed by atoms with E-state index >= 15 is 0 Å². The Labute approximate surface area is 160 Å². The Balaban J connectivity index is 1.74. The van der Waals surface area contributed by atoms with Gasteiger partial charge in [0.25, 0.3) is 0 Å². The minimum atomic E-state index is -0.420. The standard InChI is InChI=1S/C18H15Cl2N3OS/c1-10(17(24)22-15-7-13(19)6-14(20)8-15)25-18-12(9-21)5-11-3-2-4-16(11)23-18/h5-8,10H,2-4H2,1H3,(H,22,24). The second-order valence-corrected chi connectivity index (χ2v) is 8.02. The van der Waals surface area contributed by atoms with Crippen molar-refractivity contribution in [2.75, 3.05) is 5.32 Å². The van der Waals surface area contributed by atoms with Crippen LogP contribution in [0.2, 0.25) is 10.0 Å². The maximum absolute atomic E-state index is 12.4. The molecule has 1 aromatic heterocycles. The predicted octanol–water partition coefficient (Wildman–Crippen LogP) is 4.87. The van der Waals surface area contributed by atoms with Crippen LogP contribution < -0.4 is 5.32 Å². The van der Waals surface area contributed by atoms with Crippen LogP contribution in [0.5, 0.6) is 0 Å². The molecule has 1 amide bonds. The van der Waals surface area contributed by atoms with Gasteiger partial charge >= 0.3 is 0 Å². The highest BCUT2D eigenvalue weighted by atomic mass is 35.5. The molecule has 3 rings (SSSR count). The molecule has 2 aromatic rings. The molecule has 1 heterocycles. The fraction of sp³-hybridized carbons (Fsp3) is 0.278. The molecular weight excluding hydrogens is 377 g/mol. The lowest BCUT2D eigenvalue weighted by molar-refractivity contribution is -0.115. The van der Waals surface area contributed by atoms with Gasteiger partial charge in [0.15, 0.2) is 0 Å². The van der Waals surface area contributed by atoms with Gasteiger partial charge in [0.1, 0.15) is 11.1 Å². The van der Waals surface area contributed by atoms with Crippen molar-refractivity contribution in [3.8, 4) is 6.07 Å². The SMILES string of the molecule is CC(Sc1nc2c(cc1C#N)CCC2)C(=O)Nc1cc(Cl)cc(Cl)c1. The third kappa shape index (κ3) is 4.27. The van der Waals surface area contributed by atoms with Crippen molar-refractivity contribution in [1.82, 2.24) is 4.98 Å². The zero-order chi connectivity index (χ0) is 18.0. The average molecular weight is 392 g/mol. The van der Waals surface area contributed by atoms with Gasteiger partial charge in [0.2, 0.25) is 5.91 Å². The molecule has 0 radical (unpaired) electrons. The van der Waals surface area contributed by atoms with E-state index < -0.39 is 5.25 Å². The summed E-state index contributed by atoms with van der Waals surface area (Å²) in [7, 11) is 0. The first kappa shape index (κ1) is 18.1. The molecule has 1 aliphatic rings. The molecule has 0 aliphatic heterocycles. The van der Waals surface area contributed by atoms with Gasteiger partial charge in [-0.1, -0.05) is 35.0 Å². The van der Waals surface area contributed by atoms with Gasteiger partial charge < -0.3 is 5.32 Å². The summed E-state index contributed by atoms with van der Waals surface area (Å²) in [5, 5.41) is 13.3. The van der Waals surface area contributed by atoms with Crippen molar-refractivity contribution in [2.24, 2.45) is 0 Å². The minimum Gasteiger partial charge on any atom is -0.325 e. The van der Waals surface area contributed by atoms with Gasteiger partial charge in [-0.2, -0.15) is 5.26 Å². The molecular formula is C18H15Cl2N3OS. The van der Waals surface area contributed by atoms with E-state index in [1.165, 1.54) is 11.8 Å². The van der Waals surface area contributed by atoms with Gasteiger partial charge in [0.05, 0.1) is 10.8 Å². The highest BCUT2D eigenvalue weighted by Gasteiger charge is 2.21. The first-order chi connectivity index (χ1) is 12.0. The lowest BCUT2D eigenvalue weighted by atomic mass is 10.2. The van der Waals surface area contributed by atoms with Crippen LogP contribution in [0, 0.1) is 11.3 Å². The monoisotopic (exact) mass is 391 g/mol. The van der Waals surface area contributed by atoms with Gasteiger partial charge in [-0.25, -0.2) is 4.98 Å². The first-order valence-corrected chi connectivity index (χ1v) is 9.46. The molecule has 1 aromatic carbocycles. The number of rotatable bonds is 4. The molecule has 1 aliphatic carbocycles. The number of fused-ring (bicyclic) bond motifs is 1. The van der Waals surface area contributed by atoms with E-state index in [0.717, 1.165) is 30.5 Å². The number of carbonyl (C=O) groups excluding carboxylic acids is 1. The number of hydrogen-bond donors (Lipinski definition) is 1. The number of anilines is 1. The summed E-state index contributed by atoms with van der Waals surface area (Å²) in [6, 6.07) is 8.96. The predicted molar refractivity (Wildman–Crippen MR) is 101 cm³/mol. The number of aromatic nitrogens is 1. The number of carbonyl (C=O) groups is 1. The molecule has 1 N–H and O–H groups in total. The molecule has 128 valence electrons. The van der Waals surface area contributed by atoms with Crippen molar-refractivity contribution in [1.29, 1.82) is 5.26 Å². The summed E-state index contributed by atoms with van der Waals surface area (Å²) in [6.07, 6.45) is 2.95. The van der Waals surface area contributed by atoms with E-state index in [4.69, 9.17) is 23.2 Å². The van der Waals surface area contributed by atoms with Crippen LogP contribution in [0.3, 0.4) is 0 Å². The number of nitriles is 1. The van der Waals surface area contributed by atoms with Crippen LogP contribution in [0.25, 0.3) is 0 Å². The Bertz CT molecular complexity index is 859. The van der Waals surface area contributed by atoms with Crippen molar-refractivity contribution in [3.05, 3.63) is 51.1 Å². The van der Waals surface area contributed by atoms with Crippen LogP contribution in [-0.4, -0.2) is 16.1 Å². The smallest absolute Gasteiger partial charge is 0.237 e. The van der Waals surface area contributed by atoms with Crippen LogP contribution in [-0.2, 0) is 17.6 Å². The second kappa shape index (κ2) is 7.65. The summed E-state index contributed by atoms with van der Waals surface area (Å²) in [5.74, 6) is -0.200. The maximum atomic E-state index is 12.4. The molecule has 1 atom stereocenters. The van der Waals surface area contributed by atoms with Crippen molar-refractivity contribution < 1.29 is 4.79 Å². The number of pyridine rings is 1. The van der Waals surface area contributed by atoms with E-state index in [1.807, 2.05) is 6.07 Å². The first-order valence-electron chi connectivity index (χ1n) is 7.83. The third-order valence-corrected chi connectivity index (χ3v) is 5.46. The lowest BCUT2D eigenvalue weighted by Crippen LogP contribution is -2.22. The van der Waals surface area contributed by atoms with Gasteiger partial charge in [-0.15, -0.1) is 0 Å². The fourth-order valence-corrected chi connectivity index (χ4v) is 4.14. The Hall–Kier alpha value is -1.74. The summed E-state index contributed by atoms with van der Waals surface area (Å²) < 4.78 is 0. The number of nitrogens with one attached hydrogen (secondary N) is 1. The molecule has 25 heavy (non-hydrogen) atoms. The number of hydrogen-bond acceptors (Lipinski definition) is 4. The molecule has 0 fully saturated rings. The normalized spacial score (nSPS) is 13.8. The van der Waals surface area contributed by atoms with Crippen molar-refractivity contribution >= 4 is 46.6 Å². The quantitative estimate of drug-likeness (QED) is 0.754. The van der Waals surface area contributed by atoms with Crippen molar-refractivity contribution in [2.45, 2.75) is 36.5 Å². The van der Waals surface area contributed by atoms with Gasteiger partial charge in [0, 0.05) is 21.4 Å². The van der Waals surface area contributed by atoms with Crippen LogP contribution in [0.1, 0.15) is 30.2 Å². The Morgan fingerprint density at radius 3 is 2.68 bits per heavy atom. The molecule has 4 nitrogen and oxygen atoms in total. The highest BCUT2D eigenvalue weighted by molar-refractivity contribution is 8.00. The van der Waals surface area contributed by atoms with E-state index in [1.54, 1.807) is 25.1 Å². The lowest BCUT2D eigenvalue weighted by Gasteiger charge is -2.13. The summed E-state index contributed by atoms with van der Waals surface area (Å²) in [4.78, 5) is 17.0. The molecule has 7 heteroatoms. The number of aryl methyl sites for hydroxylation is 2. The molecule has 1 unspecified atom stereocenters. The Morgan fingerprint density at radius 1 is 1.28 bits per heavy atom. The maximum Gasteiger partial charge on any atom is 0.237 e. The van der Waals surface area contributed by atoms with E-state index in [0.29, 0.717) is 26.3 Å². The summed E-state index contributed by atoms with van der Waals surface area (Å²) in [6.45, 7) is 1.78. The average Bonchev–Trinajstić information content (AvgIpc) is 3.00. The largest absolute Gasteiger partial charge is 0.325 e. The third-order valence-electron chi connectivity index (χ3n) is 3.92. The zero-order valence-corrected chi connectivity index (χ0v) is 15.8.